The van der Waals surface area contributed by atoms with Gasteiger partial charge in [-0.3, -0.25) is 9.88 Å². The molecule has 25 heavy (non-hydrogen) atoms. The van der Waals surface area contributed by atoms with Crippen LogP contribution in [0.2, 0.25) is 0 Å². The van der Waals surface area contributed by atoms with E-state index in [1.807, 2.05) is 31.0 Å². The van der Waals surface area contributed by atoms with E-state index in [1.165, 1.54) is 11.1 Å². The number of thioether (sulfide) groups is 1. The summed E-state index contributed by atoms with van der Waals surface area (Å²) < 4.78 is 0. The minimum absolute atomic E-state index is 0.814. The molecule has 0 radical (unpaired) electrons. The second-order valence-corrected chi connectivity index (χ2v) is 6.65. The van der Waals surface area contributed by atoms with Crippen molar-refractivity contribution in [2.45, 2.75) is 24.7 Å². The SMILES string of the molecule is CSc1ncc(CN(CCc2ccccc2)Cc2ccncc2)cn1. The molecule has 0 atom stereocenters. The Kier molecular flexibility index (Phi) is 6.54. The molecule has 1 aromatic carbocycles. The standard InChI is InChI=1S/C20H22N4S/c1-25-20-22-13-19(14-23-20)16-24(15-18-7-10-21-11-8-18)12-9-17-5-3-2-4-6-17/h2-8,10-11,13-14H,9,12,15-16H2,1H3. The van der Waals surface area contributed by atoms with E-state index in [-0.39, 0.29) is 0 Å². The summed E-state index contributed by atoms with van der Waals surface area (Å²) in [5, 5.41) is 0.814. The van der Waals surface area contributed by atoms with Gasteiger partial charge in [-0.2, -0.15) is 0 Å². The maximum absolute atomic E-state index is 4.39. The maximum Gasteiger partial charge on any atom is 0.187 e. The van der Waals surface area contributed by atoms with Gasteiger partial charge < -0.3 is 0 Å². The van der Waals surface area contributed by atoms with Crippen LogP contribution in [0.1, 0.15) is 16.7 Å². The van der Waals surface area contributed by atoms with Crippen LogP contribution in [0, 0.1) is 0 Å². The Morgan fingerprint density at radius 2 is 1.52 bits per heavy atom. The van der Waals surface area contributed by atoms with Crippen LogP contribution in [0.25, 0.3) is 0 Å². The summed E-state index contributed by atoms with van der Waals surface area (Å²) in [4.78, 5) is 15.3. The molecule has 0 unspecified atom stereocenters. The zero-order valence-electron chi connectivity index (χ0n) is 14.4. The van der Waals surface area contributed by atoms with Gasteiger partial charge in [-0.05, 0) is 35.9 Å². The summed E-state index contributed by atoms with van der Waals surface area (Å²) >= 11 is 1.56. The molecule has 0 amide bonds. The van der Waals surface area contributed by atoms with Crippen molar-refractivity contribution in [3.05, 3.63) is 83.9 Å². The molecular weight excluding hydrogens is 328 g/mol. The van der Waals surface area contributed by atoms with Crippen LogP contribution in [0.5, 0.6) is 0 Å². The minimum atomic E-state index is 0.814. The molecule has 0 N–H and O–H groups in total. The molecule has 2 heterocycles. The third-order valence-electron chi connectivity index (χ3n) is 3.99. The summed E-state index contributed by atoms with van der Waals surface area (Å²) in [6.07, 6.45) is 10.6. The van der Waals surface area contributed by atoms with E-state index in [4.69, 9.17) is 0 Å². The Morgan fingerprint density at radius 1 is 0.840 bits per heavy atom. The monoisotopic (exact) mass is 350 g/mol. The zero-order chi connectivity index (χ0) is 17.3. The summed E-state index contributed by atoms with van der Waals surface area (Å²) in [6, 6.07) is 14.8. The Bertz CT molecular complexity index is 748. The fourth-order valence-electron chi connectivity index (χ4n) is 2.68. The lowest BCUT2D eigenvalue weighted by atomic mass is 10.1. The van der Waals surface area contributed by atoms with Crippen molar-refractivity contribution in [3.63, 3.8) is 0 Å². The van der Waals surface area contributed by atoms with Gasteiger partial charge in [-0.25, -0.2) is 9.97 Å². The van der Waals surface area contributed by atoms with Gasteiger partial charge in [-0.1, -0.05) is 42.1 Å². The molecule has 5 heteroatoms. The molecule has 0 saturated carbocycles. The first-order valence-corrected chi connectivity index (χ1v) is 9.56. The Hall–Kier alpha value is -2.24. The van der Waals surface area contributed by atoms with Gasteiger partial charge in [0, 0.05) is 50.0 Å². The van der Waals surface area contributed by atoms with Gasteiger partial charge in [0.25, 0.3) is 0 Å². The third-order valence-corrected chi connectivity index (χ3v) is 4.56. The van der Waals surface area contributed by atoms with E-state index in [2.05, 4.69) is 62.3 Å². The Morgan fingerprint density at radius 3 is 2.20 bits per heavy atom. The molecule has 128 valence electrons. The summed E-state index contributed by atoms with van der Waals surface area (Å²) in [5.74, 6) is 0. The van der Waals surface area contributed by atoms with Crippen molar-refractivity contribution in [1.29, 1.82) is 0 Å². The average molecular weight is 350 g/mol. The lowest BCUT2D eigenvalue weighted by Gasteiger charge is -2.22. The number of pyridine rings is 1. The van der Waals surface area contributed by atoms with E-state index in [9.17, 15) is 0 Å². The molecule has 4 nitrogen and oxygen atoms in total. The van der Waals surface area contributed by atoms with Crippen LogP contribution in [0.3, 0.4) is 0 Å². The fraction of sp³-hybridized carbons (Fsp3) is 0.250. The highest BCUT2D eigenvalue weighted by atomic mass is 32.2. The van der Waals surface area contributed by atoms with E-state index in [1.54, 1.807) is 11.8 Å². The second kappa shape index (κ2) is 9.30. The predicted molar refractivity (Wildman–Crippen MR) is 102 cm³/mol. The van der Waals surface area contributed by atoms with Gasteiger partial charge in [0.1, 0.15) is 0 Å². The van der Waals surface area contributed by atoms with Crippen molar-refractivity contribution in [1.82, 2.24) is 19.9 Å². The molecule has 0 spiro atoms. The Labute approximate surface area is 153 Å². The summed E-state index contributed by atoms with van der Waals surface area (Å²) in [7, 11) is 0. The van der Waals surface area contributed by atoms with Crippen LogP contribution in [0.15, 0.2) is 72.4 Å². The highest BCUT2D eigenvalue weighted by molar-refractivity contribution is 7.98. The molecule has 0 bridgehead atoms. The highest BCUT2D eigenvalue weighted by Gasteiger charge is 2.09. The fourth-order valence-corrected chi connectivity index (χ4v) is 3.00. The van der Waals surface area contributed by atoms with Crippen molar-refractivity contribution in [2.24, 2.45) is 0 Å². The maximum atomic E-state index is 4.39. The first-order chi connectivity index (χ1) is 12.3. The Balaban J connectivity index is 1.68. The highest BCUT2D eigenvalue weighted by Crippen LogP contribution is 2.12. The number of nitrogens with zero attached hydrogens (tertiary/aromatic N) is 4. The molecule has 0 fully saturated rings. The van der Waals surface area contributed by atoms with Gasteiger partial charge in [-0.15, -0.1) is 0 Å². The summed E-state index contributed by atoms with van der Waals surface area (Å²) in [5.41, 5.74) is 3.76. The van der Waals surface area contributed by atoms with Crippen LogP contribution >= 0.6 is 11.8 Å². The molecule has 0 saturated heterocycles. The van der Waals surface area contributed by atoms with Crippen LogP contribution < -0.4 is 0 Å². The number of benzene rings is 1. The van der Waals surface area contributed by atoms with Crippen LogP contribution in [0.4, 0.5) is 0 Å². The van der Waals surface area contributed by atoms with Gasteiger partial charge in [0.2, 0.25) is 0 Å². The molecule has 0 aliphatic carbocycles. The molecule has 3 rings (SSSR count). The van der Waals surface area contributed by atoms with Crippen LogP contribution in [-0.2, 0) is 19.5 Å². The smallest absolute Gasteiger partial charge is 0.187 e. The van der Waals surface area contributed by atoms with Gasteiger partial charge in [0.05, 0.1) is 0 Å². The van der Waals surface area contributed by atoms with Gasteiger partial charge in [0.15, 0.2) is 5.16 Å². The predicted octanol–water partition coefficient (Wildman–Crippen LogP) is 3.84. The van der Waals surface area contributed by atoms with Crippen molar-refractivity contribution >= 4 is 11.8 Å². The average Bonchev–Trinajstić information content (AvgIpc) is 2.68. The van der Waals surface area contributed by atoms with E-state index >= 15 is 0 Å². The van der Waals surface area contributed by atoms with E-state index in [0.29, 0.717) is 0 Å². The number of hydrogen-bond donors (Lipinski definition) is 0. The molecule has 0 aliphatic heterocycles. The number of aromatic nitrogens is 3. The van der Waals surface area contributed by atoms with E-state index in [0.717, 1.165) is 36.8 Å². The van der Waals surface area contributed by atoms with E-state index < -0.39 is 0 Å². The molecule has 0 aliphatic rings. The molecular formula is C20H22N4S. The quantitative estimate of drug-likeness (QED) is 0.456. The largest absolute Gasteiger partial charge is 0.294 e. The first kappa shape index (κ1) is 17.6. The number of rotatable bonds is 8. The lowest BCUT2D eigenvalue weighted by molar-refractivity contribution is 0.259. The van der Waals surface area contributed by atoms with Crippen molar-refractivity contribution in [2.75, 3.05) is 12.8 Å². The topological polar surface area (TPSA) is 41.9 Å². The second-order valence-electron chi connectivity index (χ2n) is 5.88. The summed E-state index contributed by atoms with van der Waals surface area (Å²) in [6.45, 7) is 2.71. The van der Waals surface area contributed by atoms with Crippen LogP contribution in [-0.4, -0.2) is 32.7 Å². The van der Waals surface area contributed by atoms with Crippen molar-refractivity contribution < 1.29 is 0 Å². The van der Waals surface area contributed by atoms with Crippen molar-refractivity contribution in [3.8, 4) is 0 Å². The zero-order valence-corrected chi connectivity index (χ0v) is 15.2. The molecule has 3 aromatic rings. The molecule has 2 aromatic heterocycles. The minimum Gasteiger partial charge on any atom is -0.294 e. The van der Waals surface area contributed by atoms with Gasteiger partial charge >= 0.3 is 0 Å². The normalized spacial score (nSPS) is 11.0. The lowest BCUT2D eigenvalue weighted by Crippen LogP contribution is -2.25. The number of hydrogen-bond acceptors (Lipinski definition) is 5. The first-order valence-electron chi connectivity index (χ1n) is 8.33. The third kappa shape index (κ3) is 5.66.